The van der Waals surface area contributed by atoms with Crippen LogP contribution in [0.4, 0.5) is 0 Å². The van der Waals surface area contributed by atoms with E-state index in [4.69, 9.17) is 0 Å². The van der Waals surface area contributed by atoms with E-state index in [9.17, 15) is 10.2 Å². The minimum absolute atomic E-state index is 0.210. The fourth-order valence-corrected chi connectivity index (χ4v) is 3.09. The molecule has 0 aliphatic heterocycles. The van der Waals surface area contributed by atoms with Crippen molar-refractivity contribution >= 4 is 10.8 Å². The standard InChI is InChI=1S/C22H16O2/c23-18-12-10-15(11-13-18)20-14-17-8-4-5-9-19(17)21(22(20)24)16-6-2-1-3-7-16/h1-14,23-24H. The number of hydrogen-bond donors (Lipinski definition) is 2. The molecule has 0 aromatic heterocycles. The predicted octanol–water partition coefficient (Wildman–Crippen LogP) is 5.59. The monoisotopic (exact) mass is 312 g/mol. The normalized spacial score (nSPS) is 10.8. The molecule has 2 N–H and O–H groups in total. The van der Waals surface area contributed by atoms with Crippen LogP contribution in [0.15, 0.2) is 84.9 Å². The minimum atomic E-state index is 0.210. The summed E-state index contributed by atoms with van der Waals surface area (Å²) in [6.07, 6.45) is 0. The zero-order valence-electron chi connectivity index (χ0n) is 13.0. The minimum Gasteiger partial charge on any atom is -0.508 e. The van der Waals surface area contributed by atoms with Crippen LogP contribution in [0.3, 0.4) is 0 Å². The summed E-state index contributed by atoms with van der Waals surface area (Å²) in [4.78, 5) is 0. The highest BCUT2D eigenvalue weighted by Gasteiger charge is 2.15. The lowest BCUT2D eigenvalue weighted by atomic mass is 9.91. The summed E-state index contributed by atoms with van der Waals surface area (Å²) in [6, 6.07) is 26.8. The number of rotatable bonds is 2. The molecule has 0 aliphatic rings. The molecular weight excluding hydrogens is 296 g/mol. The molecule has 4 aromatic carbocycles. The maximum Gasteiger partial charge on any atom is 0.131 e. The van der Waals surface area contributed by atoms with Crippen LogP contribution in [0.5, 0.6) is 11.5 Å². The molecule has 0 radical (unpaired) electrons. The van der Waals surface area contributed by atoms with E-state index in [1.807, 2.05) is 72.8 Å². The fourth-order valence-electron chi connectivity index (χ4n) is 3.09. The number of benzene rings is 4. The number of phenols is 2. The smallest absolute Gasteiger partial charge is 0.131 e. The Labute approximate surface area is 140 Å². The van der Waals surface area contributed by atoms with Crippen molar-refractivity contribution in [3.8, 4) is 33.8 Å². The highest BCUT2D eigenvalue weighted by atomic mass is 16.3. The Morgan fingerprint density at radius 1 is 0.583 bits per heavy atom. The van der Waals surface area contributed by atoms with E-state index < -0.39 is 0 Å². The largest absolute Gasteiger partial charge is 0.508 e. The summed E-state index contributed by atoms with van der Waals surface area (Å²) in [5.41, 5.74) is 3.43. The van der Waals surface area contributed by atoms with Crippen LogP contribution in [0.1, 0.15) is 0 Å². The number of fused-ring (bicyclic) bond motifs is 1. The van der Waals surface area contributed by atoms with Crippen LogP contribution in [0, 0.1) is 0 Å². The first-order valence-electron chi connectivity index (χ1n) is 7.83. The van der Waals surface area contributed by atoms with E-state index in [0.29, 0.717) is 0 Å². The van der Waals surface area contributed by atoms with Gasteiger partial charge in [-0.15, -0.1) is 0 Å². The van der Waals surface area contributed by atoms with Crippen molar-refractivity contribution in [1.82, 2.24) is 0 Å². The first kappa shape index (κ1) is 14.3. The Kier molecular flexibility index (Phi) is 3.43. The van der Waals surface area contributed by atoms with Crippen LogP contribution in [0.25, 0.3) is 33.0 Å². The van der Waals surface area contributed by atoms with Crippen molar-refractivity contribution in [3.63, 3.8) is 0 Å². The highest BCUT2D eigenvalue weighted by Crippen LogP contribution is 2.43. The summed E-state index contributed by atoms with van der Waals surface area (Å²) in [7, 11) is 0. The third-order valence-electron chi connectivity index (χ3n) is 4.26. The molecule has 0 heterocycles. The molecule has 2 nitrogen and oxygen atoms in total. The van der Waals surface area contributed by atoms with E-state index in [1.165, 1.54) is 0 Å². The van der Waals surface area contributed by atoms with E-state index in [1.54, 1.807) is 12.1 Å². The van der Waals surface area contributed by atoms with E-state index in [0.717, 1.165) is 33.0 Å². The first-order valence-corrected chi connectivity index (χ1v) is 7.83. The van der Waals surface area contributed by atoms with Gasteiger partial charge in [-0.3, -0.25) is 0 Å². The van der Waals surface area contributed by atoms with Crippen molar-refractivity contribution in [2.75, 3.05) is 0 Å². The summed E-state index contributed by atoms with van der Waals surface area (Å²) in [5, 5.41) is 22.6. The van der Waals surface area contributed by atoms with Crippen LogP contribution in [0.2, 0.25) is 0 Å². The molecule has 2 heteroatoms. The molecule has 116 valence electrons. The molecule has 0 aliphatic carbocycles. The van der Waals surface area contributed by atoms with Gasteiger partial charge in [0.1, 0.15) is 11.5 Å². The average Bonchev–Trinajstić information content (AvgIpc) is 2.63. The molecule has 24 heavy (non-hydrogen) atoms. The van der Waals surface area contributed by atoms with Gasteiger partial charge in [0.05, 0.1) is 0 Å². The van der Waals surface area contributed by atoms with Gasteiger partial charge in [-0.1, -0.05) is 66.7 Å². The van der Waals surface area contributed by atoms with Crippen LogP contribution in [-0.2, 0) is 0 Å². The maximum atomic E-state index is 11.0. The summed E-state index contributed by atoms with van der Waals surface area (Å²) in [5.74, 6) is 0.466. The van der Waals surface area contributed by atoms with Gasteiger partial charge in [0.2, 0.25) is 0 Å². The van der Waals surface area contributed by atoms with Crippen molar-refractivity contribution in [2.24, 2.45) is 0 Å². The van der Waals surface area contributed by atoms with E-state index in [2.05, 4.69) is 0 Å². The lowest BCUT2D eigenvalue weighted by Gasteiger charge is -2.14. The number of hydrogen-bond acceptors (Lipinski definition) is 2. The Bertz CT molecular complexity index is 1000. The molecule has 0 unspecified atom stereocenters. The maximum absolute atomic E-state index is 11.0. The van der Waals surface area contributed by atoms with Crippen LogP contribution < -0.4 is 0 Å². The summed E-state index contributed by atoms with van der Waals surface area (Å²) >= 11 is 0. The molecular formula is C22H16O2. The second-order valence-electron chi connectivity index (χ2n) is 5.78. The van der Waals surface area contributed by atoms with Crippen LogP contribution in [-0.4, -0.2) is 10.2 Å². The Morgan fingerprint density at radius 3 is 2.00 bits per heavy atom. The molecule has 4 rings (SSSR count). The van der Waals surface area contributed by atoms with Crippen molar-refractivity contribution in [1.29, 1.82) is 0 Å². The Morgan fingerprint density at radius 2 is 1.25 bits per heavy atom. The third kappa shape index (κ3) is 2.38. The molecule has 0 spiro atoms. The molecule has 0 fully saturated rings. The quantitative estimate of drug-likeness (QED) is 0.507. The number of aromatic hydroxyl groups is 2. The average molecular weight is 312 g/mol. The zero-order chi connectivity index (χ0) is 16.5. The first-order chi connectivity index (χ1) is 11.7. The van der Waals surface area contributed by atoms with Gasteiger partial charge in [-0.2, -0.15) is 0 Å². The SMILES string of the molecule is Oc1ccc(-c2cc3ccccc3c(-c3ccccc3)c2O)cc1. The van der Waals surface area contributed by atoms with Gasteiger partial charge >= 0.3 is 0 Å². The van der Waals surface area contributed by atoms with E-state index in [-0.39, 0.29) is 11.5 Å². The van der Waals surface area contributed by atoms with Crippen molar-refractivity contribution in [2.45, 2.75) is 0 Å². The summed E-state index contributed by atoms with van der Waals surface area (Å²) < 4.78 is 0. The molecule has 4 aromatic rings. The molecule has 0 amide bonds. The van der Waals surface area contributed by atoms with Crippen molar-refractivity contribution in [3.05, 3.63) is 84.9 Å². The van der Waals surface area contributed by atoms with E-state index >= 15 is 0 Å². The van der Waals surface area contributed by atoms with Crippen LogP contribution >= 0.6 is 0 Å². The summed E-state index contributed by atoms with van der Waals surface area (Å²) in [6.45, 7) is 0. The van der Waals surface area contributed by atoms with Gasteiger partial charge in [0.25, 0.3) is 0 Å². The lowest BCUT2D eigenvalue weighted by Crippen LogP contribution is -1.87. The topological polar surface area (TPSA) is 40.5 Å². The Balaban J connectivity index is 2.06. The second-order valence-corrected chi connectivity index (χ2v) is 5.78. The van der Waals surface area contributed by atoms with Gasteiger partial charge in [-0.05, 0) is 40.1 Å². The lowest BCUT2D eigenvalue weighted by molar-refractivity contribution is 0.474. The van der Waals surface area contributed by atoms with Crippen molar-refractivity contribution < 1.29 is 10.2 Å². The number of phenolic OH excluding ortho intramolecular Hbond substituents is 2. The second kappa shape index (κ2) is 5.74. The predicted molar refractivity (Wildman–Crippen MR) is 98.1 cm³/mol. The van der Waals surface area contributed by atoms with Gasteiger partial charge < -0.3 is 10.2 Å². The highest BCUT2D eigenvalue weighted by molar-refractivity contribution is 6.04. The molecule has 0 bridgehead atoms. The Hall–Kier alpha value is -3.26. The van der Waals surface area contributed by atoms with Gasteiger partial charge in [-0.25, -0.2) is 0 Å². The fraction of sp³-hybridized carbons (Fsp3) is 0. The van der Waals surface area contributed by atoms with Gasteiger partial charge in [0, 0.05) is 11.1 Å². The molecule has 0 saturated heterocycles. The molecule has 0 saturated carbocycles. The molecule has 0 atom stereocenters. The van der Waals surface area contributed by atoms with Gasteiger partial charge in [0.15, 0.2) is 0 Å². The zero-order valence-corrected chi connectivity index (χ0v) is 13.0. The third-order valence-corrected chi connectivity index (χ3v) is 4.26.